The molecule has 0 spiro atoms. The van der Waals surface area contributed by atoms with Crippen LogP contribution in [0.1, 0.15) is 19.0 Å². The van der Waals surface area contributed by atoms with Crippen LogP contribution in [-0.4, -0.2) is 36.7 Å². The van der Waals surface area contributed by atoms with Crippen molar-refractivity contribution in [2.24, 2.45) is 17.6 Å². The van der Waals surface area contributed by atoms with Gasteiger partial charge in [-0.05, 0) is 31.7 Å². The molecule has 18 heavy (non-hydrogen) atoms. The minimum atomic E-state index is 0.522. The van der Waals surface area contributed by atoms with Crippen LogP contribution in [0.4, 0.5) is 5.95 Å². The van der Waals surface area contributed by atoms with Crippen LogP contribution < -0.4 is 15.4 Å². The van der Waals surface area contributed by atoms with Crippen LogP contribution in [0.15, 0.2) is 6.07 Å². The van der Waals surface area contributed by atoms with E-state index >= 15 is 0 Å². The third-order valence-corrected chi connectivity index (χ3v) is 3.73. The van der Waals surface area contributed by atoms with Crippen molar-refractivity contribution in [3.63, 3.8) is 0 Å². The highest BCUT2D eigenvalue weighted by Gasteiger charge is 2.26. The molecule has 1 saturated heterocycles. The zero-order valence-electron chi connectivity index (χ0n) is 11.4. The van der Waals surface area contributed by atoms with Gasteiger partial charge < -0.3 is 15.4 Å². The lowest BCUT2D eigenvalue weighted by atomic mass is 9.87. The van der Waals surface area contributed by atoms with E-state index < -0.39 is 0 Å². The van der Waals surface area contributed by atoms with E-state index in [0.717, 1.165) is 37.7 Å². The molecule has 0 aliphatic carbocycles. The van der Waals surface area contributed by atoms with Gasteiger partial charge in [-0.2, -0.15) is 4.98 Å². The third-order valence-electron chi connectivity index (χ3n) is 3.73. The molecule has 1 aliphatic rings. The topological polar surface area (TPSA) is 64.3 Å². The molecular formula is C13H22N4O. The Balaban J connectivity index is 2.18. The van der Waals surface area contributed by atoms with Crippen molar-refractivity contribution >= 4 is 5.95 Å². The zero-order valence-corrected chi connectivity index (χ0v) is 11.4. The Morgan fingerprint density at radius 2 is 2.28 bits per heavy atom. The summed E-state index contributed by atoms with van der Waals surface area (Å²) < 4.78 is 5.20. The van der Waals surface area contributed by atoms with E-state index in [-0.39, 0.29) is 0 Å². The summed E-state index contributed by atoms with van der Waals surface area (Å²) in [5.41, 5.74) is 6.76. The fourth-order valence-electron chi connectivity index (χ4n) is 2.41. The Kier molecular flexibility index (Phi) is 4.01. The van der Waals surface area contributed by atoms with E-state index in [1.54, 1.807) is 7.11 Å². The van der Waals surface area contributed by atoms with Crippen LogP contribution in [0.25, 0.3) is 0 Å². The number of aryl methyl sites for hydroxylation is 1. The SMILES string of the molecule is COc1cc(C)nc(N2CCC(C)C(CN)C2)n1. The lowest BCUT2D eigenvalue weighted by Crippen LogP contribution is -2.43. The highest BCUT2D eigenvalue weighted by molar-refractivity contribution is 5.35. The fraction of sp³-hybridized carbons (Fsp3) is 0.692. The number of nitrogens with two attached hydrogens (primary N) is 1. The molecule has 2 atom stereocenters. The maximum absolute atomic E-state index is 5.83. The molecule has 1 aliphatic heterocycles. The highest BCUT2D eigenvalue weighted by Crippen LogP contribution is 2.25. The number of nitrogens with zero attached hydrogens (tertiary/aromatic N) is 3. The van der Waals surface area contributed by atoms with Gasteiger partial charge in [0.1, 0.15) is 0 Å². The van der Waals surface area contributed by atoms with Gasteiger partial charge in [-0.3, -0.25) is 0 Å². The van der Waals surface area contributed by atoms with E-state index in [4.69, 9.17) is 10.5 Å². The lowest BCUT2D eigenvalue weighted by Gasteiger charge is -2.36. The van der Waals surface area contributed by atoms with Crippen LogP contribution in [-0.2, 0) is 0 Å². The van der Waals surface area contributed by atoms with Crippen molar-refractivity contribution in [2.45, 2.75) is 20.3 Å². The Morgan fingerprint density at radius 1 is 1.50 bits per heavy atom. The van der Waals surface area contributed by atoms with Gasteiger partial charge in [-0.1, -0.05) is 6.92 Å². The monoisotopic (exact) mass is 250 g/mol. The molecule has 0 aromatic carbocycles. The second kappa shape index (κ2) is 5.52. The average molecular weight is 250 g/mol. The summed E-state index contributed by atoms with van der Waals surface area (Å²) in [4.78, 5) is 11.1. The summed E-state index contributed by atoms with van der Waals surface area (Å²) in [6.07, 6.45) is 1.14. The molecule has 2 N–H and O–H groups in total. The summed E-state index contributed by atoms with van der Waals surface area (Å²) in [6.45, 7) is 6.88. The van der Waals surface area contributed by atoms with Crippen LogP contribution in [0.5, 0.6) is 5.88 Å². The molecule has 0 amide bonds. The smallest absolute Gasteiger partial charge is 0.228 e. The zero-order chi connectivity index (χ0) is 13.1. The van der Waals surface area contributed by atoms with Gasteiger partial charge in [-0.25, -0.2) is 4.98 Å². The van der Waals surface area contributed by atoms with Gasteiger partial charge in [0, 0.05) is 24.8 Å². The second-order valence-corrected chi connectivity index (χ2v) is 5.06. The number of methoxy groups -OCH3 is 1. The third kappa shape index (κ3) is 2.72. The first-order valence-electron chi connectivity index (χ1n) is 6.48. The largest absolute Gasteiger partial charge is 0.481 e. The minimum Gasteiger partial charge on any atom is -0.481 e. The Hall–Kier alpha value is -1.36. The molecule has 0 radical (unpaired) electrons. The van der Waals surface area contributed by atoms with Gasteiger partial charge in [0.05, 0.1) is 7.11 Å². The first-order valence-corrected chi connectivity index (χ1v) is 6.48. The molecule has 1 aromatic rings. The quantitative estimate of drug-likeness (QED) is 0.873. The Bertz CT molecular complexity index is 410. The normalized spacial score (nSPS) is 24.1. The Morgan fingerprint density at radius 3 is 2.94 bits per heavy atom. The van der Waals surface area contributed by atoms with Crippen LogP contribution in [0, 0.1) is 18.8 Å². The van der Waals surface area contributed by atoms with Crippen LogP contribution in [0.2, 0.25) is 0 Å². The minimum absolute atomic E-state index is 0.522. The number of piperidine rings is 1. The van der Waals surface area contributed by atoms with Crippen molar-refractivity contribution in [2.75, 3.05) is 31.6 Å². The van der Waals surface area contributed by atoms with Gasteiger partial charge in [0.2, 0.25) is 11.8 Å². The molecule has 2 rings (SSSR count). The standard InChI is InChI=1S/C13H22N4O/c1-9-4-5-17(8-11(9)7-14)13-15-10(2)6-12(16-13)18-3/h6,9,11H,4-5,7-8,14H2,1-3H3. The number of hydrogen-bond donors (Lipinski definition) is 1. The van der Waals surface area contributed by atoms with Gasteiger partial charge in [0.25, 0.3) is 0 Å². The number of hydrogen-bond acceptors (Lipinski definition) is 5. The number of rotatable bonds is 3. The summed E-state index contributed by atoms with van der Waals surface area (Å²) in [7, 11) is 1.63. The van der Waals surface area contributed by atoms with E-state index in [0.29, 0.717) is 17.7 Å². The van der Waals surface area contributed by atoms with Gasteiger partial charge >= 0.3 is 0 Å². The number of ether oxygens (including phenoxy) is 1. The summed E-state index contributed by atoms with van der Waals surface area (Å²) in [5, 5.41) is 0. The molecule has 1 fully saturated rings. The van der Waals surface area contributed by atoms with Crippen molar-refractivity contribution < 1.29 is 4.74 Å². The predicted octanol–water partition coefficient (Wildman–Crippen LogP) is 1.21. The fourth-order valence-corrected chi connectivity index (χ4v) is 2.41. The first kappa shape index (κ1) is 13.1. The molecule has 2 unspecified atom stereocenters. The average Bonchev–Trinajstić information content (AvgIpc) is 2.38. The maximum atomic E-state index is 5.83. The highest BCUT2D eigenvalue weighted by atomic mass is 16.5. The van der Waals surface area contributed by atoms with Gasteiger partial charge in [-0.15, -0.1) is 0 Å². The van der Waals surface area contributed by atoms with E-state index in [9.17, 15) is 0 Å². The summed E-state index contributed by atoms with van der Waals surface area (Å²) in [5.74, 6) is 2.59. The molecule has 0 saturated carbocycles. The van der Waals surface area contributed by atoms with Gasteiger partial charge in [0.15, 0.2) is 0 Å². The molecule has 5 nitrogen and oxygen atoms in total. The van der Waals surface area contributed by atoms with E-state index in [2.05, 4.69) is 21.8 Å². The first-order chi connectivity index (χ1) is 8.63. The van der Waals surface area contributed by atoms with Crippen LogP contribution >= 0.6 is 0 Å². The van der Waals surface area contributed by atoms with Crippen molar-refractivity contribution in [3.05, 3.63) is 11.8 Å². The lowest BCUT2D eigenvalue weighted by molar-refractivity contribution is 0.304. The predicted molar refractivity (Wildman–Crippen MR) is 71.9 cm³/mol. The summed E-state index contributed by atoms with van der Waals surface area (Å²) >= 11 is 0. The van der Waals surface area contributed by atoms with E-state index in [1.165, 1.54) is 0 Å². The number of aromatic nitrogens is 2. The molecular weight excluding hydrogens is 228 g/mol. The Labute approximate surface area is 108 Å². The number of anilines is 1. The molecule has 0 bridgehead atoms. The van der Waals surface area contributed by atoms with Crippen molar-refractivity contribution in [1.29, 1.82) is 0 Å². The van der Waals surface area contributed by atoms with Crippen molar-refractivity contribution in [1.82, 2.24) is 9.97 Å². The summed E-state index contributed by atoms with van der Waals surface area (Å²) in [6, 6.07) is 1.84. The molecule has 2 heterocycles. The molecule has 100 valence electrons. The van der Waals surface area contributed by atoms with Crippen molar-refractivity contribution in [3.8, 4) is 5.88 Å². The second-order valence-electron chi connectivity index (χ2n) is 5.06. The maximum Gasteiger partial charge on any atom is 0.228 e. The van der Waals surface area contributed by atoms with Crippen LogP contribution in [0.3, 0.4) is 0 Å². The molecule has 5 heteroatoms. The van der Waals surface area contributed by atoms with E-state index in [1.807, 2.05) is 13.0 Å². The molecule has 1 aromatic heterocycles.